The Bertz CT molecular complexity index is 229. The third-order valence-electron chi connectivity index (χ3n) is 4.10. The second-order valence-corrected chi connectivity index (χ2v) is 5.96. The summed E-state index contributed by atoms with van der Waals surface area (Å²) in [5.41, 5.74) is -0.437. The fraction of sp³-hybridized carbons (Fsp3) is 1.00. The molecule has 0 aliphatic carbocycles. The molecule has 0 radical (unpaired) electrons. The van der Waals surface area contributed by atoms with Crippen LogP contribution in [0.1, 0.15) is 47.0 Å². The zero-order valence-electron chi connectivity index (χ0n) is 10.9. The summed E-state index contributed by atoms with van der Waals surface area (Å²) in [6.07, 6.45) is 3.53. The van der Waals surface area contributed by atoms with Crippen molar-refractivity contribution < 1.29 is 14.0 Å². The number of hydrogen-bond donors (Lipinski definition) is 0. The van der Waals surface area contributed by atoms with Crippen LogP contribution in [-0.4, -0.2) is 31.5 Å². The van der Waals surface area contributed by atoms with E-state index in [1.54, 1.807) is 0 Å². The second-order valence-electron chi connectivity index (χ2n) is 5.96. The molecule has 0 bridgehead atoms. The molecule has 3 nitrogen and oxygen atoms in total. The molecule has 2 aliphatic heterocycles. The molecule has 4 heteroatoms. The van der Waals surface area contributed by atoms with E-state index in [0.717, 1.165) is 26.1 Å². The summed E-state index contributed by atoms with van der Waals surface area (Å²) >= 11 is 0. The van der Waals surface area contributed by atoms with Gasteiger partial charge in [0.1, 0.15) is 0 Å². The van der Waals surface area contributed by atoms with E-state index in [-0.39, 0.29) is 18.3 Å². The van der Waals surface area contributed by atoms with Gasteiger partial charge < -0.3 is 14.0 Å². The average molecular weight is 226 g/mol. The zero-order chi connectivity index (χ0) is 11.8. The van der Waals surface area contributed by atoms with Crippen molar-refractivity contribution in [1.82, 2.24) is 0 Å². The van der Waals surface area contributed by atoms with Gasteiger partial charge in [-0.1, -0.05) is 6.42 Å². The molecule has 1 atom stereocenters. The molecule has 0 aromatic rings. The van der Waals surface area contributed by atoms with Gasteiger partial charge in [0.25, 0.3) is 0 Å². The molecule has 0 spiro atoms. The highest BCUT2D eigenvalue weighted by Crippen LogP contribution is 2.41. The fourth-order valence-corrected chi connectivity index (χ4v) is 2.22. The van der Waals surface area contributed by atoms with Crippen LogP contribution in [0.2, 0.25) is 5.82 Å². The van der Waals surface area contributed by atoms with Crippen molar-refractivity contribution in [1.29, 1.82) is 0 Å². The molecule has 2 heterocycles. The van der Waals surface area contributed by atoms with E-state index in [4.69, 9.17) is 14.0 Å². The summed E-state index contributed by atoms with van der Waals surface area (Å²) in [7, 11) is -0.0944. The summed E-state index contributed by atoms with van der Waals surface area (Å²) in [5, 5.41) is 0. The molecule has 0 amide bonds. The fourth-order valence-electron chi connectivity index (χ4n) is 2.22. The summed E-state index contributed by atoms with van der Waals surface area (Å²) in [6.45, 7) is 10.1. The minimum Gasteiger partial charge on any atom is -0.403 e. The van der Waals surface area contributed by atoms with Crippen molar-refractivity contribution >= 4 is 7.12 Å². The minimum atomic E-state index is -0.218. The lowest BCUT2D eigenvalue weighted by Crippen LogP contribution is -2.41. The molecule has 16 heavy (non-hydrogen) atoms. The maximum atomic E-state index is 6.06. The van der Waals surface area contributed by atoms with Gasteiger partial charge in [0.2, 0.25) is 0 Å². The van der Waals surface area contributed by atoms with Crippen LogP contribution in [0.25, 0.3) is 0 Å². The lowest BCUT2D eigenvalue weighted by Gasteiger charge is -2.32. The quantitative estimate of drug-likeness (QED) is 0.643. The summed E-state index contributed by atoms with van der Waals surface area (Å²) < 4.78 is 17.7. The first-order chi connectivity index (χ1) is 7.42. The van der Waals surface area contributed by atoms with Crippen molar-refractivity contribution in [3.63, 3.8) is 0 Å². The third kappa shape index (κ3) is 2.29. The molecular weight excluding hydrogens is 203 g/mol. The molecule has 0 N–H and O–H groups in total. The van der Waals surface area contributed by atoms with Gasteiger partial charge in [0.05, 0.1) is 11.2 Å². The standard InChI is InChI=1S/C12H23BO3/c1-11(2)12(3,4)16-13(15-11)10-7-5-6-8-14-9-10/h10H,5-9H2,1-4H3. The molecule has 92 valence electrons. The Kier molecular flexibility index (Phi) is 3.35. The number of rotatable bonds is 1. The van der Waals surface area contributed by atoms with Gasteiger partial charge in [-0.15, -0.1) is 0 Å². The normalized spacial score (nSPS) is 33.8. The van der Waals surface area contributed by atoms with Gasteiger partial charge in [0, 0.05) is 19.0 Å². The van der Waals surface area contributed by atoms with Crippen molar-refractivity contribution in [3.05, 3.63) is 0 Å². The Balaban J connectivity index is 2.01. The number of ether oxygens (including phenoxy) is 1. The molecule has 2 fully saturated rings. The first kappa shape index (κ1) is 12.4. The van der Waals surface area contributed by atoms with E-state index in [9.17, 15) is 0 Å². The van der Waals surface area contributed by atoms with E-state index in [1.165, 1.54) is 6.42 Å². The molecular formula is C12H23BO3. The largest absolute Gasteiger partial charge is 0.463 e. The maximum absolute atomic E-state index is 6.06. The van der Waals surface area contributed by atoms with Gasteiger partial charge in [-0.2, -0.15) is 0 Å². The highest BCUT2D eigenvalue weighted by molar-refractivity contribution is 6.47. The van der Waals surface area contributed by atoms with Crippen molar-refractivity contribution in [2.45, 2.75) is 64.0 Å². The van der Waals surface area contributed by atoms with Crippen LogP contribution in [0.3, 0.4) is 0 Å². The van der Waals surface area contributed by atoms with Crippen molar-refractivity contribution in [3.8, 4) is 0 Å². The summed E-state index contributed by atoms with van der Waals surface area (Å²) in [6, 6.07) is 0. The Hall–Kier alpha value is -0.0551. The molecule has 2 rings (SSSR count). The summed E-state index contributed by atoms with van der Waals surface area (Å²) in [4.78, 5) is 0. The maximum Gasteiger partial charge on any atom is 0.463 e. The summed E-state index contributed by atoms with van der Waals surface area (Å²) in [5.74, 6) is 0.392. The van der Waals surface area contributed by atoms with Crippen molar-refractivity contribution in [2.75, 3.05) is 13.2 Å². The Morgan fingerprint density at radius 1 is 1.00 bits per heavy atom. The lowest BCUT2D eigenvalue weighted by atomic mass is 9.70. The second kappa shape index (κ2) is 4.32. The number of hydrogen-bond acceptors (Lipinski definition) is 3. The van der Waals surface area contributed by atoms with Gasteiger partial charge in [-0.05, 0) is 40.5 Å². The van der Waals surface area contributed by atoms with E-state index >= 15 is 0 Å². The minimum absolute atomic E-state index is 0.0944. The van der Waals surface area contributed by atoms with Crippen LogP contribution in [0, 0.1) is 0 Å². The van der Waals surface area contributed by atoms with Gasteiger partial charge >= 0.3 is 7.12 Å². The van der Waals surface area contributed by atoms with Crippen LogP contribution in [0.4, 0.5) is 0 Å². The molecule has 0 aromatic carbocycles. The van der Waals surface area contributed by atoms with Crippen LogP contribution < -0.4 is 0 Å². The monoisotopic (exact) mass is 226 g/mol. The van der Waals surface area contributed by atoms with E-state index in [1.807, 2.05) is 0 Å². The first-order valence-electron chi connectivity index (χ1n) is 6.36. The van der Waals surface area contributed by atoms with Gasteiger partial charge in [-0.3, -0.25) is 0 Å². The van der Waals surface area contributed by atoms with Crippen LogP contribution >= 0.6 is 0 Å². The van der Waals surface area contributed by atoms with Gasteiger partial charge in [-0.25, -0.2) is 0 Å². The predicted molar refractivity (Wildman–Crippen MR) is 64.5 cm³/mol. The van der Waals surface area contributed by atoms with Crippen molar-refractivity contribution in [2.24, 2.45) is 0 Å². The van der Waals surface area contributed by atoms with Crippen LogP contribution in [0.5, 0.6) is 0 Å². The third-order valence-corrected chi connectivity index (χ3v) is 4.10. The van der Waals surface area contributed by atoms with E-state index in [0.29, 0.717) is 5.82 Å². The average Bonchev–Trinajstić information content (AvgIpc) is 2.42. The van der Waals surface area contributed by atoms with Crippen LogP contribution in [0.15, 0.2) is 0 Å². The predicted octanol–water partition coefficient (Wildman–Crippen LogP) is 2.65. The molecule has 1 unspecified atom stereocenters. The smallest absolute Gasteiger partial charge is 0.403 e. The van der Waals surface area contributed by atoms with Crippen LogP contribution in [-0.2, 0) is 14.0 Å². The highest BCUT2D eigenvalue weighted by atomic mass is 16.7. The Labute approximate surface area is 99.0 Å². The van der Waals surface area contributed by atoms with E-state index < -0.39 is 0 Å². The Morgan fingerprint density at radius 2 is 1.62 bits per heavy atom. The zero-order valence-corrected chi connectivity index (χ0v) is 10.9. The van der Waals surface area contributed by atoms with E-state index in [2.05, 4.69) is 27.7 Å². The lowest BCUT2D eigenvalue weighted by molar-refractivity contribution is 0.00578. The SMILES string of the molecule is CC1(C)OB(C2CCCCOC2)OC1(C)C. The molecule has 0 saturated carbocycles. The Morgan fingerprint density at radius 3 is 2.25 bits per heavy atom. The molecule has 2 saturated heterocycles. The highest BCUT2D eigenvalue weighted by Gasteiger charge is 2.53. The van der Waals surface area contributed by atoms with Gasteiger partial charge in [0.15, 0.2) is 0 Å². The topological polar surface area (TPSA) is 27.7 Å². The first-order valence-corrected chi connectivity index (χ1v) is 6.36. The molecule has 0 aromatic heterocycles. The molecule has 2 aliphatic rings.